The van der Waals surface area contributed by atoms with Gasteiger partial charge in [0.1, 0.15) is 10.7 Å². The lowest BCUT2D eigenvalue weighted by molar-refractivity contribution is -0.255. The summed E-state index contributed by atoms with van der Waals surface area (Å²) in [4.78, 5) is 10.1. The number of nitrogens with zero attached hydrogens (tertiary/aromatic N) is 1. The highest BCUT2D eigenvalue weighted by atomic mass is 32.2. The van der Waals surface area contributed by atoms with Gasteiger partial charge in [-0.05, 0) is 30.5 Å². The van der Waals surface area contributed by atoms with Crippen LogP contribution in [0.15, 0.2) is 23.1 Å². The molecule has 1 saturated heterocycles. The van der Waals surface area contributed by atoms with Crippen LogP contribution in [0.3, 0.4) is 0 Å². The number of carboxylic acid groups (broad SMARTS) is 1. The normalized spacial score (nSPS) is 17.3. The molecule has 1 heterocycles. The Bertz CT molecular complexity index is 594. The molecule has 5 nitrogen and oxygen atoms in total. The summed E-state index contributed by atoms with van der Waals surface area (Å²) in [5.41, 5.74) is -0.350. The van der Waals surface area contributed by atoms with Crippen LogP contribution in [0.25, 0.3) is 0 Å². The number of hydrogen-bond donors (Lipinski definition) is 0. The number of sulfonamides is 1. The van der Waals surface area contributed by atoms with E-state index in [9.17, 15) is 22.7 Å². The number of aromatic carboxylic acids is 1. The molecule has 1 fully saturated rings. The molecule has 0 amide bonds. The molecule has 0 bridgehead atoms. The van der Waals surface area contributed by atoms with Crippen LogP contribution in [0.1, 0.15) is 29.6 Å². The van der Waals surface area contributed by atoms with E-state index in [4.69, 9.17) is 0 Å². The van der Waals surface area contributed by atoms with Gasteiger partial charge in [0, 0.05) is 13.1 Å². The lowest BCUT2D eigenvalue weighted by Gasteiger charge is -2.26. The Hall–Kier alpha value is -1.47. The van der Waals surface area contributed by atoms with Gasteiger partial charge in [0.2, 0.25) is 10.0 Å². The van der Waals surface area contributed by atoms with E-state index < -0.39 is 26.7 Å². The van der Waals surface area contributed by atoms with E-state index in [1.807, 2.05) is 0 Å². The number of halogens is 1. The molecule has 0 aromatic heterocycles. The van der Waals surface area contributed by atoms with Gasteiger partial charge in [-0.1, -0.05) is 12.5 Å². The van der Waals surface area contributed by atoms with Crippen molar-refractivity contribution in [3.63, 3.8) is 0 Å². The molecule has 1 aromatic carbocycles. The molecular weight excluding hydrogens is 273 g/mol. The quantitative estimate of drug-likeness (QED) is 0.804. The van der Waals surface area contributed by atoms with Gasteiger partial charge >= 0.3 is 0 Å². The Labute approximate surface area is 110 Å². The maximum atomic E-state index is 13.7. The summed E-state index contributed by atoms with van der Waals surface area (Å²) in [6, 6.07) is 2.64. The van der Waals surface area contributed by atoms with Gasteiger partial charge in [-0.3, -0.25) is 0 Å². The van der Waals surface area contributed by atoms with Crippen LogP contribution < -0.4 is 5.11 Å². The predicted molar refractivity (Wildman–Crippen MR) is 63.3 cm³/mol. The van der Waals surface area contributed by atoms with Crippen molar-refractivity contribution in [1.82, 2.24) is 4.31 Å². The highest BCUT2D eigenvalue weighted by Crippen LogP contribution is 2.23. The molecule has 0 aliphatic carbocycles. The highest BCUT2D eigenvalue weighted by Gasteiger charge is 2.28. The Morgan fingerprint density at radius 1 is 1.21 bits per heavy atom. The van der Waals surface area contributed by atoms with Gasteiger partial charge in [0.15, 0.2) is 0 Å². The second-order valence-corrected chi connectivity index (χ2v) is 6.30. The molecule has 2 rings (SSSR count). The van der Waals surface area contributed by atoms with Crippen LogP contribution in [0.5, 0.6) is 0 Å². The van der Waals surface area contributed by atoms with E-state index in [1.54, 1.807) is 0 Å². The number of carboxylic acids is 1. The Kier molecular flexibility index (Phi) is 3.86. The van der Waals surface area contributed by atoms with E-state index >= 15 is 0 Å². The summed E-state index contributed by atoms with van der Waals surface area (Å²) < 4.78 is 39.4. The molecule has 0 N–H and O–H groups in total. The third kappa shape index (κ3) is 2.76. The van der Waals surface area contributed by atoms with Gasteiger partial charge in [-0.25, -0.2) is 12.8 Å². The zero-order chi connectivity index (χ0) is 14.0. The fourth-order valence-electron chi connectivity index (χ4n) is 2.07. The Balaban J connectivity index is 2.44. The average molecular weight is 286 g/mol. The van der Waals surface area contributed by atoms with Gasteiger partial charge in [-0.2, -0.15) is 4.31 Å². The topological polar surface area (TPSA) is 77.5 Å². The first-order chi connectivity index (χ1) is 8.93. The van der Waals surface area contributed by atoms with Crippen molar-refractivity contribution in [2.24, 2.45) is 0 Å². The van der Waals surface area contributed by atoms with E-state index in [2.05, 4.69) is 0 Å². The van der Waals surface area contributed by atoms with Crippen molar-refractivity contribution < 1.29 is 22.7 Å². The molecule has 1 aliphatic rings. The third-order valence-corrected chi connectivity index (χ3v) is 5.01. The SMILES string of the molecule is O=C([O-])c1ccc(F)c(S(=O)(=O)N2CCCCC2)c1. The van der Waals surface area contributed by atoms with Crippen molar-refractivity contribution in [3.8, 4) is 0 Å². The van der Waals surface area contributed by atoms with Gasteiger partial charge in [0.25, 0.3) is 0 Å². The summed E-state index contributed by atoms with van der Waals surface area (Å²) in [7, 11) is -3.98. The fraction of sp³-hybridized carbons (Fsp3) is 0.417. The lowest BCUT2D eigenvalue weighted by atomic mass is 10.2. The molecule has 19 heavy (non-hydrogen) atoms. The Morgan fingerprint density at radius 2 is 1.84 bits per heavy atom. The van der Waals surface area contributed by atoms with Crippen molar-refractivity contribution in [2.45, 2.75) is 24.2 Å². The van der Waals surface area contributed by atoms with Gasteiger partial charge in [-0.15, -0.1) is 0 Å². The largest absolute Gasteiger partial charge is 0.545 e. The van der Waals surface area contributed by atoms with Crippen LogP contribution in [0.2, 0.25) is 0 Å². The molecule has 0 radical (unpaired) electrons. The molecule has 0 saturated carbocycles. The molecule has 1 aliphatic heterocycles. The molecule has 0 atom stereocenters. The summed E-state index contributed by atoms with van der Waals surface area (Å²) >= 11 is 0. The predicted octanol–water partition coefficient (Wildman–Crippen LogP) is 0.364. The van der Waals surface area contributed by atoms with E-state index in [1.165, 1.54) is 4.31 Å². The summed E-state index contributed by atoms with van der Waals surface area (Å²) in [5.74, 6) is -2.48. The minimum Gasteiger partial charge on any atom is -0.545 e. The third-order valence-electron chi connectivity index (χ3n) is 3.10. The first-order valence-electron chi connectivity index (χ1n) is 5.94. The monoisotopic (exact) mass is 286 g/mol. The van der Waals surface area contributed by atoms with Crippen LogP contribution in [-0.4, -0.2) is 31.8 Å². The van der Waals surface area contributed by atoms with Crippen molar-refractivity contribution in [2.75, 3.05) is 13.1 Å². The van der Waals surface area contributed by atoms with Crippen LogP contribution in [-0.2, 0) is 10.0 Å². The molecule has 1 aromatic rings. The minimum atomic E-state index is -3.98. The molecular formula is C12H13FNO4S-. The number of piperidine rings is 1. The van der Waals surface area contributed by atoms with E-state index in [-0.39, 0.29) is 5.56 Å². The Morgan fingerprint density at radius 3 is 2.42 bits per heavy atom. The summed E-state index contributed by atoms with van der Waals surface area (Å²) in [6.07, 6.45) is 2.38. The number of carbonyl (C=O) groups excluding carboxylic acids is 1. The van der Waals surface area contributed by atoms with Crippen molar-refractivity contribution in [1.29, 1.82) is 0 Å². The smallest absolute Gasteiger partial charge is 0.246 e. The molecule has 7 heteroatoms. The van der Waals surface area contributed by atoms with E-state index in [0.717, 1.165) is 37.5 Å². The standard InChI is InChI=1S/C12H14FNO4S/c13-10-5-4-9(12(15)16)8-11(10)19(17,18)14-6-2-1-3-7-14/h4-5,8H,1-3,6-7H2,(H,15,16)/p-1. The number of rotatable bonds is 3. The summed E-state index contributed by atoms with van der Waals surface area (Å²) in [5, 5.41) is 10.7. The van der Waals surface area contributed by atoms with Crippen LogP contribution in [0, 0.1) is 5.82 Å². The number of benzene rings is 1. The maximum Gasteiger partial charge on any atom is 0.246 e. The number of hydrogen-bond acceptors (Lipinski definition) is 4. The summed E-state index contributed by atoms with van der Waals surface area (Å²) in [6.45, 7) is 0.661. The van der Waals surface area contributed by atoms with Gasteiger partial charge < -0.3 is 9.90 Å². The average Bonchev–Trinajstić information content (AvgIpc) is 2.39. The second kappa shape index (κ2) is 5.26. The van der Waals surface area contributed by atoms with Crippen LogP contribution >= 0.6 is 0 Å². The van der Waals surface area contributed by atoms with Crippen molar-refractivity contribution in [3.05, 3.63) is 29.6 Å². The van der Waals surface area contributed by atoms with Crippen molar-refractivity contribution >= 4 is 16.0 Å². The highest BCUT2D eigenvalue weighted by molar-refractivity contribution is 7.89. The second-order valence-electron chi connectivity index (χ2n) is 4.40. The fourth-order valence-corrected chi connectivity index (χ4v) is 3.68. The zero-order valence-electron chi connectivity index (χ0n) is 10.1. The van der Waals surface area contributed by atoms with E-state index in [0.29, 0.717) is 13.1 Å². The molecule has 0 unspecified atom stereocenters. The first-order valence-corrected chi connectivity index (χ1v) is 7.38. The number of carbonyl (C=O) groups is 1. The lowest BCUT2D eigenvalue weighted by Crippen LogP contribution is -2.36. The maximum absolute atomic E-state index is 13.7. The minimum absolute atomic E-state index is 0.331. The first kappa shape index (κ1) is 14.0. The molecule has 0 spiro atoms. The molecule has 104 valence electrons. The zero-order valence-corrected chi connectivity index (χ0v) is 11.0. The van der Waals surface area contributed by atoms with Gasteiger partial charge in [0.05, 0.1) is 5.97 Å². The van der Waals surface area contributed by atoms with Crippen LogP contribution in [0.4, 0.5) is 4.39 Å².